The van der Waals surface area contributed by atoms with E-state index < -0.39 is 0 Å². The number of allylic oxidation sites excluding steroid dienone is 2. The highest BCUT2D eigenvalue weighted by molar-refractivity contribution is 9.10. The van der Waals surface area contributed by atoms with Crippen LogP contribution in [-0.2, 0) is 0 Å². The Hall–Kier alpha value is -0.890. The van der Waals surface area contributed by atoms with E-state index in [4.69, 9.17) is 0 Å². The van der Waals surface area contributed by atoms with Crippen molar-refractivity contribution in [3.8, 4) is 0 Å². The fourth-order valence-corrected chi connectivity index (χ4v) is 1.61. The Morgan fingerprint density at radius 3 is 2.77 bits per heavy atom. The Balaban J connectivity index is 3.25. The maximum atomic E-state index is 13.1. The first-order chi connectivity index (χ1) is 6.16. The Labute approximate surface area is 85.9 Å². The molecule has 68 valence electrons. The van der Waals surface area contributed by atoms with Crippen molar-refractivity contribution >= 4 is 22.0 Å². The lowest BCUT2D eigenvalue weighted by molar-refractivity contribution is 0.620. The summed E-state index contributed by atoms with van der Waals surface area (Å²) in [5.74, 6) is -0.241. The summed E-state index contributed by atoms with van der Waals surface area (Å²) in [5, 5.41) is 0. The maximum Gasteiger partial charge on any atom is 0.138 e. The van der Waals surface area contributed by atoms with Crippen molar-refractivity contribution in [3.63, 3.8) is 0 Å². The Bertz CT molecular complexity index is 353. The van der Waals surface area contributed by atoms with Crippen LogP contribution in [0.3, 0.4) is 0 Å². The van der Waals surface area contributed by atoms with Gasteiger partial charge >= 0.3 is 0 Å². The smallest absolute Gasteiger partial charge is 0.138 e. The van der Waals surface area contributed by atoms with Gasteiger partial charge in [-0.15, -0.1) is 0 Å². The number of halogens is 2. The second kappa shape index (κ2) is 4.38. The van der Waals surface area contributed by atoms with Crippen LogP contribution in [0.25, 0.3) is 6.08 Å². The van der Waals surface area contributed by atoms with Crippen LogP contribution in [0.5, 0.6) is 0 Å². The maximum absolute atomic E-state index is 13.1. The van der Waals surface area contributed by atoms with Crippen molar-refractivity contribution < 1.29 is 4.39 Å². The molecule has 1 aromatic rings. The second-order valence-corrected chi connectivity index (χ2v) is 3.48. The van der Waals surface area contributed by atoms with Crippen LogP contribution in [-0.4, -0.2) is 0 Å². The third-order valence-electron chi connectivity index (χ3n) is 1.75. The molecule has 1 rings (SSSR count). The molecule has 0 radical (unpaired) electrons. The van der Waals surface area contributed by atoms with Crippen molar-refractivity contribution in [1.29, 1.82) is 0 Å². The summed E-state index contributed by atoms with van der Waals surface area (Å²) < 4.78 is 13.6. The molecule has 0 bridgehead atoms. The molecule has 0 aliphatic carbocycles. The van der Waals surface area contributed by atoms with Gasteiger partial charge in [-0.05, 0) is 40.0 Å². The van der Waals surface area contributed by atoms with E-state index in [0.29, 0.717) is 4.47 Å². The molecule has 0 amide bonds. The zero-order valence-electron chi connectivity index (χ0n) is 7.35. The van der Waals surface area contributed by atoms with Crippen molar-refractivity contribution in [2.45, 2.75) is 6.92 Å². The van der Waals surface area contributed by atoms with E-state index in [1.54, 1.807) is 18.2 Å². The van der Waals surface area contributed by atoms with Gasteiger partial charge in [0.1, 0.15) is 5.82 Å². The molecule has 13 heavy (non-hydrogen) atoms. The van der Waals surface area contributed by atoms with Crippen LogP contribution < -0.4 is 0 Å². The highest BCUT2D eigenvalue weighted by Crippen LogP contribution is 2.24. The summed E-state index contributed by atoms with van der Waals surface area (Å²) in [4.78, 5) is 0. The minimum absolute atomic E-state index is 0.241. The van der Waals surface area contributed by atoms with Gasteiger partial charge in [0.25, 0.3) is 0 Å². The topological polar surface area (TPSA) is 0 Å². The molecule has 2 heteroatoms. The molecule has 0 nitrogen and oxygen atoms in total. The summed E-state index contributed by atoms with van der Waals surface area (Å²) in [7, 11) is 0. The quantitative estimate of drug-likeness (QED) is 0.684. The highest BCUT2D eigenvalue weighted by atomic mass is 79.9. The largest absolute Gasteiger partial charge is 0.206 e. The first kappa shape index (κ1) is 10.2. The fourth-order valence-electron chi connectivity index (χ4n) is 1.03. The fraction of sp³-hybridized carbons (Fsp3) is 0.0909. The van der Waals surface area contributed by atoms with Gasteiger partial charge < -0.3 is 0 Å². The van der Waals surface area contributed by atoms with Gasteiger partial charge in [-0.2, -0.15) is 0 Å². The van der Waals surface area contributed by atoms with Crippen molar-refractivity contribution in [3.05, 3.63) is 52.3 Å². The molecule has 0 atom stereocenters. The van der Waals surface area contributed by atoms with Crippen LogP contribution in [0.15, 0.2) is 35.3 Å². The Morgan fingerprint density at radius 2 is 2.15 bits per heavy atom. The number of benzene rings is 1. The molecule has 0 heterocycles. The van der Waals surface area contributed by atoms with Crippen molar-refractivity contribution in [2.75, 3.05) is 0 Å². The zero-order valence-corrected chi connectivity index (χ0v) is 8.94. The molecule has 0 aromatic heterocycles. The summed E-state index contributed by atoms with van der Waals surface area (Å²) >= 11 is 3.20. The summed E-state index contributed by atoms with van der Waals surface area (Å²) in [6, 6.07) is 3.20. The minimum atomic E-state index is -0.241. The molecular weight excluding hydrogens is 231 g/mol. The first-order valence-corrected chi connectivity index (χ1v) is 4.70. The van der Waals surface area contributed by atoms with Gasteiger partial charge in [0.2, 0.25) is 0 Å². The van der Waals surface area contributed by atoms with Gasteiger partial charge in [0.15, 0.2) is 0 Å². The van der Waals surface area contributed by atoms with E-state index in [9.17, 15) is 4.39 Å². The Morgan fingerprint density at radius 1 is 1.46 bits per heavy atom. The van der Waals surface area contributed by atoms with Crippen LogP contribution in [0.4, 0.5) is 4.39 Å². The average Bonchev–Trinajstić information content (AvgIpc) is 2.12. The minimum Gasteiger partial charge on any atom is -0.206 e. The van der Waals surface area contributed by atoms with Crippen LogP contribution in [0.1, 0.15) is 11.1 Å². The van der Waals surface area contributed by atoms with Crippen molar-refractivity contribution in [2.24, 2.45) is 0 Å². The lowest BCUT2D eigenvalue weighted by Gasteiger charge is -2.03. The number of hydrogen-bond donors (Lipinski definition) is 0. The molecule has 0 saturated heterocycles. The number of rotatable bonds is 2. The normalized spacial score (nSPS) is 10.7. The third-order valence-corrected chi connectivity index (χ3v) is 2.56. The molecule has 0 spiro atoms. The third kappa shape index (κ3) is 2.28. The lowest BCUT2D eigenvalue weighted by Crippen LogP contribution is -1.86. The summed E-state index contributed by atoms with van der Waals surface area (Å²) in [6.45, 7) is 5.50. The predicted molar refractivity (Wildman–Crippen MR) is 58.1 cm³/mol. The van der Waals surface area contributed by atoms with Gasteiger partial charge in [-0.3, -0.25) is 0 Å². The molecular formula is C11H10BrF. The van der Waals surface area contributed by atoms with E-state index in [2.05, 4.69) is 22.5 Å². The summed E-state index contributed by atoms with van der Waals surface area (Å²) in [6.07, 6.45) is 5.28. The molecule has 0 unspecified atom stereocenters. The SMILES string of the molecule is C=C/C=C\c1c(C)ccc(F)c1Br. The van der Waals surface area contributed by atoms with E-state index in [-0.39, 0.29) is 5.82 Å². The zero-order chi connectivity index (χ0) is 9.84. The molecule has 0 fully saturated rings. The van der Waals surface area contributed by atoms with Crippen LogP contribution in [0, 0.1) is 12.7 Å². The molecule has 0 N–H and O–H groups in total. The average molecular weight is 241 g/mol. The van der Waals surface area contributed by atoms with Gasteiger partial charge in [0, 0.05) is 0 Å². The van der Waals surface area contributed by atoms with E-state index in [1.165, 1.54) is 6.07 Å². The monoisotopic (exact) mass is 240 g/mol. The molecule has 1 aromatic carbocycles. The van der Waals surface area contributed by atoms with Crippen LogP contribution in [0.2, 0.25) is 0 Å². The van der Waals surface area contributed by atoms with Crippen molar-refractivity contribution in [1.82, 2.24) is 0 Å². The molecule has 0 aliphatic rings. The van der Waals surface area contributed by atoms with E-state index in [1.807, 2.05) is 13.0 Å². The Kier molecular flexibility index (Phi) is 3.43. The highest BCUT2D eigenvalue weighted by Gasteiger charge is 2.04. The standard InChI is InChI=1S/C11H10BrF/c1-3-4-5-9-8(2)6-7-10(13)11(9)12/h3-7H,1H2,2H3/b5-4-. The molecule has 0 aliphatic heterocycles. The predicted octanol–water partition coefficient (Wildman–Crippen LogP) is 4.10. The summed E-state index contributed by atoms with van der Waals surface area (Å²) in [5.41, 5.74) is 1.89. The van der Waals surface area contributed by atoms with Gasteiger partial charge in [0.05, 0.1) is 4.47 Å². The number of aryl methyl sites for hydroxylation is 1. The van der Waals surface area contributed by atoms with Gasteiger partial charge in [-0.25, -0.2) is 4.39 Å². The molecule has 0 saturated carbocycles. The second-order valence-electron chi connectivity index (χ2n) is 2.69. The van der Waals surface area contributed by atoms with E-state index >= 15 is 0 Å². The van der Waals surface area contributed by atoms with Crippen LogP contribution >= 0.6 is 15.9 Å². The van der Waals surface area contributed by atoms with Gasteiger partial charge in [-0.1, -0.05) is 30.9 Å². The first-order valence-electron chi connectivity index (χ1n) is 3.90. The lowest BCUT2D eigenvalue weighted by atomic mass is 10.1. The van der Waals surface area contributed by atoms with E-state index in [0.717, 1.165) is 11.1 Å². The number of hydrogen-bond acceptors (Lipinski definition) is 0.